The predicted molar refractivity (Wildman–Crippen MR) is 80.4 cm³/mol. The number of carbonyl (C=O) groups excluding carboxylic acids is 1. The Labute approximate surface area is 138 Å². The van der Waals surface area contributed by atoms with Crippen molar-refractivity contribution in [3.05, 3.63) is 23.8 Å². The number of benzene rings is 1. The molecule has 2 atom stereocenters. The smallest absolute Gasteiger partial charge is 0.387 e. The van der Waals surface area contributed by atoms with Crippen LogP contribution in [-0.4, -0.2) is 48.7 Å². The molecule has 0 saturated carbocycles. The first-order chi connectivity index (χ1) is 11.3. The highest BCUT2D eigenvalue weighted by Crippen LogP contribution is 2.31. The summed E-state index contributed by atoms with van der Waals surface area (Å²) >= 11 is 0. The molecular weight excluding hydrogens is 324 g/mol. The summed E-state index contributed by atoms with van der Waals surface area (Å²) < 4.78 is 34.2. The SMILES string of the molecule is COc1ccc(C(=O)N2CCC(C(=O)O)C(C)C2)cc1OC(F)F. The lowest BCUT2D eigenvalue weighted by Gasteiger charge is -2.35. The summed E-state index contributed by atoms with van der Waals surface area (Å²) in [6, 6.07) is 4.06. The maximum atomic E-state index is 12.6. The summed E-state index contributed by atoms with van der Waals surface area (Å²) in [5, 5.41) is 9.12. The first-order valence-electron chi connectivity index (χ1n) is 7.48. The zero-order chi connectivity index (χ0) is 17.9. The summed E-state index contributed by atoms with van der Waals surface area (Å²) in [5.74, 6) is -2.01. The number of aliphatic carboxylic acids is 1. The van der Waals surface area contributed by atoms with Crippen LogP contribution in [0.15, 0.2) is 18.2 Å². The van der Waals surface area contributed by atoms with E-state index < -0.39 is 18.5 Å². The van der Waals surface area contributed by atoms with Crippen molar-refractivity contribution >= 4 is 11.9 Å². The second-order valence-corrected chi connectivity index (χ2v) is 5.71. The summed E-state index contributed by atoms with van der Waals surface area (Å²) in [5.41, 5.74) is 0.187. The lowest BCUT2D eigenvalue weighted by Crippen LogP contribution is -2.45. The van der Waals surface area contributed by atoms with Crippen LogP contribution < -0.4 is 9.47 Å². The molecule has 1 amide bonds. The van der Waals surface area contributed by atoms with Gasteiger partial charge in [-0.25, -0.2) is 0 Å². The number of carboxylic acid groups (broad SMARTS) is 1. The summed E-state index contributed by atoms with van der Waals surface area (Å²) in [6.45, 7) is -0.655. The van der Waals surface area contributed by atoms with Crippen LogP contribution in [0.3, 0.4) is 0 Å². The number of halogens is 2. The number of ether oxygens (including phenoxy) is 2. The fourth-order valence-corrected chi connectivity index (χ4v) is 2.88. The van der Waals surface area contributed by atoms with Gasteiger partial charge in [0.05, 0.1) is 13.0 Å². The van der Waals surface area contributed by atoms with E-state index in [4.69, 9.17) is 9.84 Å². The van der Waals surface area contributed by atoms with Crippen molar-refractivity contribution in [1.29, 1.82) is 0 Å². The standard InChI is InChI=1S/C16H19F2NO5/c1-9-8-19(6-5-11(9)15(21)22)14(20)10-3-4-12(23-2)13(7-10)24-16(17)18/h3-4,7,9,11,16H,5-6,8H2,1-2H3,(H,21,22). The Hall–Kier alpha value is -2.38. The van der Waals surface area contributed by atoms with Crippen molar-refractivity contribution < 1.29 is 33.0 Å². The third-order valence-corrected chi connectivity index (χ3v) is 4.14. The zero-order valence-electron chi connectivity index (χ0n) is 13.4. The molecule has 0 spiro atoms. The van der Waals surface area contributed by atoms with Crippen molar-refractivity contribution in [2.45, 2.75) is 20.0 Å². The fourth-order valence-electron chi connectivity index (χ4n) is 2.88. The number of likely N-dealkylation sites (tertiary alicyclic amines) is 1. The molecule has 0 radical (unpaired) electrons. The first kappa shape index (κ1) is 18.0. The van der Waals surface area contributed by atoms with Gasteiger partial charge in [-0.2, -0.15) is 8.78 Å². The molecule has 2 unspecified atom stereocenters. The Balaban J connectivity index is 2.16. The number of hydrogen-bond donors (Lipinski definition) is 1. The van der Waals surface area contributed by atoms with E-state index in [2.05, 4.69) is 4.74 Å². The second-order valence-electron chi connectivity index (χ2n) is 5.71. The molecule has 2 rings (SSSR count). The molecule has 1 N–H and O–H groups in total. The van der Waals surface area contributed by atoms with E-state index in [0.717, 1.165) is 0 Å². The van der Waals surface area contributed by atoms with Gasteiger partial charge in [-0.05, 0) is 30.5 Å². The van der Waals surface area contributed by atoms with Crippen molar-refractivity contribution in [1.82, 2.24) is 4.90 Å². The number of hydrogen-bond acceptors (Lipinski definition) is 4. The third-order valence-electron chi connectivity index (χ3n) is 4.14. The topological polar surface area (TPSA) is 76.1 Å². The van der Waals surface area contributed by atoms with Crippen molar-refractivity contribution in [3.8, 4) is 11.5 Å². The molecule has 1 aromatic rings. The molecule has 1 heterocycles. The molecule has 1 aliphatic rings. The maximum Gasteiger partial charge on any atom is 0.387 e. The molecule has 1 fully saturated rings. The van der Waals surface area contributed by atoms with Gasteiger partial charge in [-0.3, -0.25) is 9.59 Å². The zero-order valence-corrected chi connectivity index (χ0v) is 13.4. The molecule has 1 aromatic carbocycles. The van der Waals surface area contributed by atoms with Gasteiger partial charge in [0, 0.05) is 18.7 Å². The maximum absolute atomic E-state index is 12.6. The molecule has 132 valence electrons. The number of alkyl halides is 2. The number of amides is 1. The number of carbonyl (C=O) groups is 2. The number of carboxylic acids is 1. The molecule has 0 aromatic heterocycles. The van der Waals surface area contributed by atoms with Crippen LogP contribution in [0.1, 0.15) is 23.7 Å². The highest BCUT2D eigenvalue weighted by Gasteiger charge is 2.33. The Morgan fingerprint density at radius 1 is 1.33 bits per heavy atom. The number of rotatable bonds is 5. The normalized spacial score (nSPS) is 20.8. The largest absolute Gasteiger partial charge is 0.493 e. The van der Waals surface area contributed by atoms with Crippen LogP contribution >= 0.6 is 0 Å². The third kappa shape index (κ3) is 3.93. The summed E-state index contributed by atoms with van der Waals surface area (Å²) in [4.78, 5) is 25.2. The number of piperidine rings is 1. The van der Waals surface area contributed by atoms with Crippen LogP contribution in [0.5, 0.6) is 11.5 Å². The summed E-state index contributed by atoms with van der Waals surface area (Å²) in [6.07, 6.45) is 0.360. The van der Waals surface area contributed by atoms with E-state index in [1.165, 1.54) is 30.2 Å². The minimum absolute atomic E-state index is 0.102. The van der Waals surface area contributed by atoms with Gasteiger partial charge in [0.25, 0.3) is 5.91 Å². The molecule has 6 nitrogen and oxygen atoms in total. The molecule has 24 heavy (non-hydrogen) atoms. The molecular formula is C16H19F2NO5. The van der Waals surface area contributed by atoms with Gasteiger partial charge in [0.1, 0.15) is 0 Å². The van der Waals surface area contributed by atoms with E-state index in [9.17, 15) is 18.4 Å². The molecule has 1 aliphatic heterocycles. The first-order valence-corrected chi connectivity index (χ1v) is 7.48. The van der Waals surface area contributed by atoms with Crippen molar-refractivity contribution in [3.63, 3.8) is 0 Å². The van der Waals surface area contributed by atoms with Gasteiger partial charge < -0.3 is 19.5 Å². The van der Waals surface area contributed by atoms with Crippen LogP contribution in [0.25, 0.3) is 0 Å². The van der Waals surface area contributed by atoms with Crippen LogP contribution in [0.2, 0.25) is 0 Å². The van der Waals surface area contributed by atoms with Gasteiger partial charge in [0.15, 0.2) is 11.5 Å². The predicted octanol–water partition coefficient (Wildman–Crippen LogP) is 2.48. The fraction of sp³-hybridized carbons (Fsp3) is 0.500. The van der Waals surface area contributed by atoms with E-state index >= 15 is 0 Å². The van der Waals surface area contributed by atoms with Gasteiger partial charge in [-0.15, -0.1) is 0 Å². The van der Waals surface area contributed by atoms with E-state index in [0.29, 0.717) is 19.5 Å². The van der Waals surface area contributed by atoms with Crippen molar-refractivity contribution in [2.24, 2.45) is 11.8 Å². The lowest BCUT2D eigenvalue weighted by atomic mass is 9.87. The molecule has 8 heteroatoms. The minimum atomic E-state index is -3.03. The average Bonchev–Trinajstić information content (AvgIpc) is 2.53. The molecule has 1 saturated heterocycles. The second kappa shape index (κ2) is 7.46. The van der Waals surface area contributed by atoms with E-state index in [1.807, 2.05) is 0 Å². The van der Waals surface area contributed by atoms with E-state index in [1.54, 1.807) is 6.92 Å². The van der Waals surface area contributed by atoms with Crippen LogP contribution in [0.4, 0.5) is 8.78 Å². The Kier molecular flexibility index (Phi) is 5.58. The van der Waals surface area contributed by atoms with E-state index in [-0.39, 0.29) is 28.9 Å². The van der Waals surface area contributed by atoms with Crippen molar-refractivity contribution in [2.75, 3.05) is 20.2 Å². The molecule has 0 aliphatic carbocycles. The Morgan fingerprint density at radius 2 is 2.04 bits per heavy atom. The van der Waals surface area contributed by atoms with Crippen LogP contribution in [0, 0.1) is 11.8 Å². The van der Waals surface area contributed by atoms with Gasteiger partial charge >= 0.3 is 12.6 Å². The molecule has 0 bridgehead atoms. The monoisotopic (exact) mass is 343 g/mol. The Bertz CT molecular complexity index is 622. The Morgan fingerprint density at radius 3 is 2.58 bits per heavy atom. The quantitative estimate of drug-likeness (QED) is 0.889. The minimum Gasteiger partial charge on any atom is -0.493 e. The summed E-state index contributed by atoms with van der Waals surface area (Å²) in [7, 11) is 1.31. The van der Waals surface area contributed by atoms with Gasteiger partial charge in [0.2, 0.25) is 0 Å². The number of methoxy groups -OCH3 is 1. The van der Waals surface area contributed by atoms with Crippen LogP contribution in [-0.2, 0) is 4.79 Å². The number of nitrogens with zero attached hydrogens (tertiary/aromatic N) is 1. The lowest BCUT2D eigenvalue weighted by molar-refractivity contribution is -0.145. The van der Waals surface area contributed by atoms with Gasteiger partial charge in [-0.1, -0.05) is 6.92 Å². The average molecular weight is 343 g/mol. The highest BCUT2D eigenvalue weighted by atomic mass is 19.3. The highest BCUT2D eigenvalue weighted by molar-refractivity contribution is 5.95.